The molecule has 2 aromatic rings. The molecule has 0 saturated heterocycles. The summed E-state index contributed by atoms with van der Waals surface area (Å²) in [5, 5.41) is 2.48. The van der Waals surface area contributed by atoms with E-state index in [-0.39, 0.29) is 6.04 Å². The van der Waals surface area contributed by atoms with Crippen LogP contribution in [0.5, 0.6) is 0 Å². The van der Waals surface area contributed by atoms with Crippen molar-refractivity contribution in [1.29, 1.82) is 0 Å². The zero-order chi connectivity index (χ0) is 11.7. The summed E-state index contributed by atoms with van der Waals surface area (Å²) >= 11 is 0. The molecule has 2 heteroatoms. The minimum absolute atomic E-state index is 0.206. The molecule has 17 heavy (non-hydrogen) atoms. The summed E-state index contributed by atoms with van der Waals surface area (Å²) in [6, 6.07) is 8.60. The molecule has 0 radical (unpaired) electrons. The second kappa shape index (κ2) is 4.30. The van der Waals surface area contributed by atoms with Crippen LogP contribution in [0.25, 0.3) is 16.3 Å². The zero-order valence-corrected chi connectivity index (χ0v) is 9.76. The Kier molecular flexibility index (Phi) is 2.65. The average molecular weight is 224 g/mol. The molecular formula is C15H16N2. The second-order valence-electron chi connectivity index (χ2n) is 4.66. The van der Waals surface area contributed by atoms with Crippen LogP contribution in [0.2, 0.25) is 0 Å². The first kappa shape index (κ1) is 10.5. The first-order valence-corrected chi connectivity index (χ1v) is 6.14. The second-order valence-corrected chi connectivity index (χ2v) is 4.66. The van der Waals surface area contributed by atoms with Crippen LogP contribution in [0, 0.1) is 0 Å². The molecule has 3 rings (SSSR count). The fourth-order valence-corrected chi connectivity index (χ4v) is 2.55. The molecule has 0 aliphatic heterocycles. The Balaban J connectivity index is 2.17. The molecule has 0 fully saturated rings. The third kappa shape index (κ3) is 1.96. The minimum Gasteiger partial charge on any atom is -0.324 e. The third-order valence-corrected chi connectivity index (χ3v) is 3.41. The van der Waals surface area contributed by atoms with Crippen LogP contribution < -0.4 is 5.73 Å². The lowest BCUT2D eigenvalue weighted by Gasteiger charge is -2.18. The third-order valence-electron chi connectivity index (χ3n) is 3.41. The average Bonchev–Trinajstić information content (AvgIpc) is 2.38. The SMILES string of the molecule is NC1C=C(c2cncc3ccccc23)CCC1. The molecule has 2 nitrogen and oxygen atoms in total. The summed E-state index contributed by atoms with van der Waals surface area (Å²) < 4.78 is 0. The van der Waals surface area contributed by atoms with Gasteiger partial charge in [0.15, 0.2) is 0 Å². The van der Waals surface area contributed by atoms with Crippen molar-refractivity contribution in [2.45, 2.75) is 25.3 Å². The van der Waals surface area contributed by atoms with E-state index in [9.17, 15) is 0 Å². The Bertz CT molecular complexity index is 567. The van der Waals surface area contributed by atoms with Gasteiger partial charge in [0.1, 0.15) is 0 Å². The van der Waals surface area contributed by atoms with Gasteiger partial charge < -0.3 is 5.73 Å². The maximum Gasteiger partial charge on any atom is 0.0349 e. The summed E-state index contributed by atoms with van der Waals surface area (Å²) in [6.45, 7) is 0. The lowest BCUT2D eigenvalue weighted by Crippen LogP contribution is -2.20. The van der Waals surface area contributed by atoms with Crippen LogP contribution in [0.1, 0.15) is 24.8 Å². The molecule has 1 atom stereocenters. The van der Waals surface area contributed by atoms with Crippen molar-refractivity contribution in [3.05, 3.63) is 48.3 Å². The molecule has 1 heterocycles. The van der Waals surface area contributed by atoms with Crippen LogP contribution in [-0.4, -0.2) is 11.0 Å². The first-order valence-electron chi connectivity index (χ1n) is 6.14. The van der Waals surface area contributed by atoms with Crippen molar-refractivity contribution < 1.29 is 0 Å². The van der Waals surface area contributed by atoms with Gasteiger partial charge in [0.2, 0.25) is 0 Å². The highest BCUT2D eigenvalue weighted by molar-refractivity contribution is 5.93. The van der Waals surface area contributed by atoms with Crippen molar-refractivity contribution >= 4 is 16.3 Å². The summed E-state index contributed by atoms with van der Waals surface area (Å²) in [7, 11) is 0. The Hall–Kier alpha value is -1.67. The molecule has 1 unspecified atom stereocenters. The van der Waals surface area contributed by atoms with Gasteiger partial charge in [0, 0.05) is 29.4 Å². The fraction of sp³-hybridized carbons (Fsp3) is 0.267. The normalized spacial score (nSPS) is 20.3. The number of nitrogens with two attached hydrogens (primary N) is 1. The van der Waals surface area contributed by atoms with Gasteiger partial charge in [-0.15, -0.1) is 0 Å². The van der Waals surface area contributed by atoms with Crippen LogP contribution in [0.15, 0.2) is 42.7 Å². The standard InChI is InChI=1S/C15H16N2/c16-13-6-3-5-11(8-13)15-10-17-9-12-4-1-2-7-14(12)15/h1-2,4,7-10,13H,3,5-6,16H2. The number of rotatable bonds is 1. The largest absolute Gasteiger partial charge is 0.324 e. The molecule has 1 aliphatic carbocycles. The summed E-state index contributed by atoms with van der Waals surface area (Å²) in [5.74, 6) is 0. The molecule has 0 spiro atoms. The molecule has 0 amide bonds. The molecule has 1 aromatic carbocycles. The van der Waals surface area contributed by atoms with Crippen LogP contribution >= 0.6 is 0 Å². The van der Waals surface area contributed by atoms with E-state index in [4.69, 9.17) is 5.73 Å². The topological polar surface area (TPSA) is 38.9 Å². The number of nitrogens with zero attached hydrogens (tertiary/aromatic N) is 1. The Morgan fingerprint density at radius 2 is 2.06 bits per heavy atom. The predicted octanol–water partition coefficient (Wildman–Crippen LogP) is 3.13. The molecule has 2 N–H and O–H groups in total. The Labute approximate surface area is 101 Å². The van der Waals surface area contributed by atoms with Crippen LogP contribution in [0.4, 0.5) is 0 Å². The van der Waals surface area contributed by atoms with Crippen molar-refractivity contribution in [3.8, 4) is 0 Å². The maximum atomic E-state index is 6.01. The molecular weight excluding hydrogens is 208 g/mol. The van der Waals surface area contributed by atoms with E-state index in [2.05, 4.69) is 35.3 Å². The number of allylic oxidation sites excluding steroid dienone is 1. The Morgan fingerprint density at radius 1 is 1.18 bits per heavy atom. The van der Waals surface area contributed by atoms with Crippen LogP contribution in [0.3, 0.4) is 0 Å². The summed E-state index contributed by atoms with van der Waals surface area (Å²) in [4.78, 5) is 4.33. The van der Waals surface area contributed by atoms with Gasteiger partial charge >= 0.3 is 0 Å². The number of hydrogen-bond acceptors (Lipinski definition) is 2. The molecule has 0 bridgehead atoms. The van der Waals surface area contributed by atoms with Crippen LogP contribution in [-0.2, 0) is 0 Å². The lowest BCUT2D eigenvalue weighted by molar-refractivity contribution is 0.654. The highest BCUT2D eigenvalue weighted by Crippen LogP contribution is 2.30. The van der Waals surface area contributed by atoms with E-state index in [1.165, 1.54) is 28.3 Å². The monoisotopic (exact) mass is 224 g/mol. The van der Waals surface area contributed by atoms with E-state index in [0.29, 0.717) is 0 Å². The highest BCUT2D eigenvalue weighted by atomic mass is 14.6. The number of fused-ring (bicyclic) bond motifs is 1. The number of benzene rings is 1. The number of aromatic nitrogens is 1. The molecule has 0 saturated carbocycles. The minimum atomic E-state index is 0.206. The number of hydrogen-bond donors (Lipinski definition) is 1. The predicted molar refractivity (Wildman–Crippen MR) is 71.5 cm³/mol. The van der Waals surface area contributed by atoms with Gasteiger partial charge in [-0.3, -0.25) is 4.98 Å². The smallest absolute Gasteiger partial charge is 0.0349 e. The first-order chi connectivity index (χ1) is 8.34. The van der Waals surface area contributed by atoms with Gasteiger partial charge in [-0.05, 0) is 30.2 Å². The zero-order valence-electron chi connectivity index (χ0n) is 9.76. The van der Waals surface area contributed by atoms with E-state index in [1.54, 1.807) is 0 Å². The van der Waals surface area contributed by atoms with Gasteiger partial charge in [-0.25, -0.2) is 0 Å². The maximum absolute atomic E-state index is 6.01. The van der Waals surface area contributed by atoms with Crippen molar-refractivity contribution in [1.82, 2.24) is 4.98 Å². The Morgan fingerprint density at radius 3 is 2.94 bits per heavy atom. The van der Waals surface area contributed by atoms with E-state index >= 15 is 0 Å². The summed E-state index contributed by atoms with van der Waals surface area (Å²) in [5.41, 5.74) is 8.61. The van der Waals surface area contributed by atoms with Gasteiger partial charge in [0.05, 0.1) is 0 Å². The molecule has 1 aromatic heterocycles. The van der Waals surface area contributed by atoms with E-state index in [1.807, 2.05) is 12.4 Å². The van der Waals surface area contributed by atoms with Gasteiger partial charge in [-0.1, -0.05) is 30.3 Å². The van der Waals surface area contributed by atoms with Gasteiger partial charge in [0.25, 0.3) is 0 Å². The van der Waals surface area contributed by atoms with E-state index in [0.717, 1.165) is 12.8 Å². The highest BCUT2D eigenvalue weighted by Gasteiger charge is 2.13. The van der Waals surface area contributed by atoms with Gasteiger partial charge in [-0.2, -0.15) is 0 Å². The summed E-state index contributed by atoms with van der Waals surface area (Å²) in [6.07, 6.45) is 9.47. The van der Waals surface area contributed by atoms with Crippen molar-refractivity contribution in [3.63, 3.8) is 0 Å². The number of pyridine rings is 1. The van der Waals surface area contributed by atoms with Crippen molar-refractivity contribution in [2.75, 3.05) is 0 Å². The van der Waals surface area contributed by atoms with E-state index < -0.39 is 0 Å². The lowest BCUT2D eigenvalue weighted by atomic mass is 9.90. The fourth-order valence-electron chi connectivity index (χ4n) is 2.55. The molecule has 86 valence electrons. The van der Waals surface area contributed by atoms with Crippen molar-refractivity contribution in [2.24, 2.45) is 5.73 Å². The molecule has 1 aliphatic rings. The quantitative estimate of drug-likeness (QED) is 0.808.